The first-order valence-electron chi connectivity index (χ1n) is 8.12. The largest absolute Gasteiger partial charge is 0.353 e. The van der Waals surface area contributed by atoms with Crippen LogP contribution in [-0.4, -0.2) is 60.6 Å². The molecular weight excluding hydrogens is 341 g/mol. The third kappa shape index (κ3) is 6.83. The third-order valence-corrected chi connectivity index (χ3v) is 5.73. The van der Waals surface area contributed by atoms with Crippen LogP contribution in [0.4, 0.5) is 0 Å². The number of nitrogens with one attached hydrogen (secondary N) is 2. The minimum Gasteiger partial charge on any atom is -0.353 e. The van der Waals surface area contributed by atoms with Crippen molar-refractivity contribution in [3.05, 3.63) is 0 Å². The molecule has 2 saturated heterocycles. The highest BCUT2D eigenvalue weighted by Gasteiger charge is 2.27. The molecule has 2 N–H and O–H groups in total. The van der Waals surface area contributed by atoms with Gasteiger partial charge in [-0.25, -0.2) is 0 Å². The Morgan fingerprint density at radius 2 is 1.91 bits per heavy atom. The van der Waals surface area contributed by atoms with E-state index in [-0.39, 0.29) is 30.7 Å². The van der Waals surface area contributed by atoms with Crippen LogP contribution in [0.5, 0.6) is 0 Å². The Morgan fingerprint density at radius 1 is 1.18 bits per heavy atom. The first-order chi connectivity index (χ1) is 9.79. The van der Waals surface area contributed by atoms with Gasteiger partial charge in [-0.05, 0) is 31.6 Å². The second-order valence-corrected chi connectivity index (χ2v) is 7.67. The number of carbonyl (C=O) groups excluding carboxylic acids is 1. The van der Waals surface area contributed by atoms with E-state index >= 15 is 0 Å². The van der Waals surface area contributed by atoms with E-state index in [9.17, 15) is 4.79 Å². The van der Waals surface area contributed by atoms with E-state index in [1.54, 1.807) is 0 Å². The molecule has 0 aromatic carbocycles. The van der Waals surface area contributed by atoms with Crippen LogP contribution < -0.4 is 10.6 Å². The van der Waals surface area contributed by atoms with Gasteiger partial charge < -0.3 is 15.5 Å². The molecule has 3 aliphatic rings. The van der Waals surface area contributed by atoms with E-state index in [0.717, 1.165) is 31.1 Å². The van der Waals surface area contributed by atoms with Crippen LogP contribution in [0.25, 0.3) is 0 Å². The van der Waals surface area contributed by atoms with Gasteiger partial charge >= 0.3 is 0 Å². The summed E-state index contributed by atoms with van der Waals surface area (Å²) in [6.45, 7) is 4.67. The minimum absolute atomic E-state index is 0. The summed E-state index contributed by atoms with van der Waals surface area (Å²) in [5.41, 5.74) is 0. The normalized spacial score (nSPS) is 26.6. The Hall–Kier alpha value is 0.320. The fraction of sp³-hybridized carbons (Fsp3) is 0.933. The average Bonchev–Trinajstić information content (AvgIpc) is 3.26. The lowest BCUT2D eigenvalue weighted by molar-refractivity contribution is -0.122. The molecule has 130 valence electrons. The van der Waals surface area contributed by atoms with E-state index in [1.807, 2.05) is 11.8 Å². The summed E-state index contributed by atoms with van der Waals surface area (Å²) >= 11 is 1.95. The fourth-order valence-corrected chi connectivity index (χ4v) is 4.14. The van der Waals surface area contributed by atoms with Gasteiger partial charge in [0.1, 0.15) is 0 Å². The molecule has 3 rings (SSSR count). The summed E-state index contributed by atoms with van der Waals surface area (Å²) < 4.78 is 0. The topological polar surface area (TPSA) is 44.4 Å². The Morgan fingerprint density at radius 3 is 2.50 bits per heavy atom. The first kappa shape index (κ1) is 20.4. The molecule has 0 spiro atoms. The lowest BCUT2D eigenvalue weighted by Crippen LogP contribution is -2.47. The molecule has 1 unspecified atom stereocenters. The van der Waals surface area contributed by atoms with Crippen LogP contribution >= 0.6 is 36.6 Å². The molecular formula is C15H29Cl2N3OS. The Kier molecular flexibility index (Phi) is 9.48. The summed E-state index contributed by atoms with van der Waals surface area (Å²) in [5.74, 6) is 3.48. The molecule has 2 heterocycles. The zero-order valence-corrected chi connectivity index (χ0v) is 15.5. The predicted octanol–water partition coefficient (Wildman–Crippen LogP) is 1.92. The van der Waals surface area contributed by atoms with Crippen LogP contribution in [0.2, 0.25) is 0 Å². The van der Waals surface area contributed by atoms with E-state index in [4.69, 9.17) is 0 Å². The number of likely N-dealkylation sites (tertiary alicyclic amines) is 1. The molecule has 1 aliphatic carbocycles. The van der Waals surface area contributed by atoms with E-state index in [2.05, 4.69) is 15.5 Å². The zero-order valence-electron chi connectivity index (χ0n) is 13.1. The molecule has 7 heteroatoms. The number of thioether (sulfide) groups is 1. The van der Waals surface area contributed by atoms with Crippen molar-refractivity contribution in [2.24, 2.45) is 5.92 Å². The lowest BCUT2D eigenvalue weighted by atomic mass is 10.0. The summed E-state index contributed by atoms with van der Waals surface area (Å²) in [5, 5.41) is 6.67. The van der Waals surface area contributed by atoms with Crippen LogP contribution in [0.1, 0.15) is 32.1 Å². The van der Waals surface area contributed by atoms with Crippen molar-refractivity contribution in [1.29, 1.82) is 0 Å². The Labute approximate surface area is 150 Å². The van der Waals surface area contributed by atoms with Gasteiger partial charge in [-0.2, -0.15) is 11.8 Å². The maximum Gasteiger partial charge on any atom is 0.221 e. The maximum absolute atomic E-state index is 12.1. The zero-order chi connectivity index (χ0) is 13.8. The lowest BCUT2D eigenvalue weighted by Gasteiger charge is -2.32. The summed E-state index contributed by atoms with van der Waals surface area (Å²) in [4.78, 5) is 14.7. The smallest absolute Gasteiger partial charge is 0.221 e. The SMILES string of the molecule is Cl.Cl.O=C(CC1CSCCN1)NC1CCN(CC2CC2)CC1. The molecule has 1 atom stereocenters. The molecule has 1 saturated carbocycles. The monoisotopic (exact) mass is 369 g/mol. The number of carbonyl (C=O) groups is 1. The Balaban J connectivity index is 0.00000121. The van der Waals surface area contributed by atoms with Gasteiger partial charge in [-0.3, -0.25) is 4.79 Å². The quantitative estimate of drug-likeness (QED) is 0.776. The number of rotatable bonds is 5. The maximum atomic E-state index is 12.1. The average molecular weight is 370 g/mol. The summed E-state index contributed by atoms with van der Waals surface area (Å²) in [7, 11) is 0. The van der Waals surface area contributed by atoms with Gasteiger partial charge in [0.25, 0.3) is 0 Å². The van der Waals surface area contributed by atoms with E-state index in [1.165, 1.54) is 38.2 Å². The standard InChI is InChI=1S/C15H27N3OS.2ClH/c19-15(9-14-11-20-8-5-16-14)17-13-3-6-18(7-4-13)10-12-1-2-12;;/h12-14,16H,1-11H2,(H,17,19);2*1H. The van der Waals surface area contributed by atoms with Gasteiger partial charge in [-0.1, -0.05) is 0 Å². The van der Waals surface area contributed by atoms with Crippen LogP contribution in [0, 0.1) is 5.92 Å². The highest BCUT2D eigenvalue weighted by atomic mass is 35.5. The summed E-state index contributed by atoms with van der Waals surface area (Å²) in [6.07, 6.45) is 5.78. The Bertz CT molecular complexity index is 331. The van der Waals surface area contributed by atoms with Crippen molar-refractivity contribution in [3.63, 3.8) is 0 Å². The van der Waals surface area contributed by atoms with Crippen molar-refractivity contribution < 1.29 is 4.79 Å². The number of piperidine rings is 1. The molecule has 3 fully saturated rings. The van der Waals surface area contributed by atoms with Gasteiger partial charge in [0.05, 0.1) is 0 Å². The van der Waals surface area contributed by atoms with Gasteiger partial charge in [0.15, 0.2) is 0 Å². The van der Waals surface area contributed by atoms with Gasteiger partial charge in [0, 0.05) is 56.2 Å². The molecule has 0 aromatic heterocycles. The summed E-state index contributed by atoms with van der Waals surface area (Å²) in [6, 6.07) is 0.790. The van der Waals surface area contributed by atoms with E-state index in [0.29, 0.717) is 18.5 Å². The van der Waals surface area contributed by atoms with Crippen molar-refractivity contribution >= 4 is 42.5 Å². The van der Waals surface area contributed by atoms with Crippen molar-refractivity contribution in [3.8, 4) is 0 Å². The first-order valence-corrected chi connectivity index (χ1v) is 9.28. The van der Waals surface area contributed by atoms with Gasteiger partial charge in [-0.15, -0.1) is 24.8 Å². The van der Waals surface area contributed by atoms with Crippen molar-refractivity contribution in [1.82, 2.24) is 15.5 Å². The van der Waals surface area contributed by atoms with E-state index < -0.39 is 0 Å². The molecule has 0 radical (unpaired) electrons. The van der Waals surface area contributed by atoms with Gasteiger partial charge in [0.2, 0.25) is 5.91 Å². The molecule has 22 heavy (non-hydrogen) atoms. The molecule has 0 aromatic rings. The minimum atomic E-state index is 0. The fourth-order valence-electron chi connectivity index (χ4n) is 3.19. The molecule has 1 amide bonds. The molecule has 0 bridgehead atoms. The van der Waals surface area contributed by atoms with Crippen LogP contribution in [0.3, 0.4) is 0 Å². The predicted molar refractivity (Wildman–Crippen MR) is 98.6 cm³/mol. The number of hydrogen-bond donors (Lipinski definition) is 2. The highest BCUT2D eigenvalue weighted by Crippen LogP contribution is 2.30. The second-order valence-electron chi connectivity index (χ2n) is 6.52. The third-order valence-electron chi connectivity index (χ3n) is 4.60. The molecule has 4 nitrogen and oxygen atoms in total. The number of halogens is 2. The molecule has 2 aliphatic heterocycles. The highest BCUT2D eigenvalue weighted by molar-refractivity contribution is 7.99. The van der Waals surface area contributed by atoms with Crippen LogP contribution in [0.15, 0.2) is 0 Å². The number of amides is 1. The number of hydrogen-bond acceptors (Lipinski definition) is 4. The number of nitrogens with zero attached hydrogens (tertiary/aromatic N) is 1. The van der Waals surface area contributed by atoms with Crippen molar-refractivity contribution in [2.75, 3.05) is 37.7 Å². The van der Waals surface area contributed by atoms with Crippen molar-refractivity contribution in [2.45, 2.75) is 44.2 Å². The second kappa shape index (κ2) is 10.2. The van der Waals surface area contributed by atoms with Crippen LogP contribution in [-0.2, 0) is 4.79 Å².